The minimum absolute atomic E-state index is 0.170. The molecule has 14 heavy (non-hydrogen) atoms. The third kappa shape index (κ3) is 2.95. The molecule has 3 nitrogen and oxygen atoms in total. The largest absolute Gasteiger partial charge is 0.377 e. The first-order chi connectivity index (χ1) is 6.71. The van der Waals surface area contributed by atoms with Gasteiger partial charge in [-0.15, -0.1) is 11.6 Å². The molecule has 0 saturated carbocycles. The molecule has 0 radical (unpaired) electrons. The lowest BCUT2D eigenvalue weighted by Gasteiger charge is -2.15. The van der Waals surface area contributed by atoms with Crippen molar-refractivity contribution in [3.63, 3.8) is 0 Å². The van der Waals surface area contributed by atoms with Gasteiger partial charge in [-0.3, -0.25) is 4.90 Å². The van der Waals surface area contributed by atoms with Crippen molar-refractivity contribution in [3.05, 3.63) is 12.2 Å². The van der Waals surface area contributed by atoms with Crippen molar-refractivity contribution in [2.45, 2.75) is 12.2 Å². The molecule has 0 N–H and O–H groups in total. The third-order valence-electron chi connectivity index (χ3n) is 2.53. The van der Waals surface area contributed by atoms with E-state index >= 15 is 0 Å². The summed E-state index contributed by atoms with van der Waals surface area (Å²) in [4.78, 5) is 2.26. The van der Waals surface area contributed by atoms with Crippen molar-refractivity contribution in [2.24, 2.45) is 0 Å². The van der Waals surface area contributed by atoms with Crippen molar-refractivity contribution < 1.29 is 9.47 Å². The first-order valence-corrected chi connectivity index (χ1v) is 5.25. The van der Waals surface area contributed by atoms with Crippen molar-refractivity contribution in [3.8, 4) is 0 Å². The quantitative estimate of drug-likeness (QED) is 0.511. The summed E-state index contributed by atoms with van der Waals surface area (Å²) in [5, 5.41) is 0. The van der Waals surface area contributed by atoms with Gasteiger partial charge in [-0.2, -0.15) is 0 Å². The van der Waals surface area contributed by atoms with E-state index in [2.05, 4.69) is 11.5 Å². The number of rotatable bonds is 5. The molecule has 0 aromatic carbocycles. The lowest BCUT2D eigenvalue weighted by Crippen LogP contribution is -2.27. The Hall–Kier alpha value is -0.0900. The second kappa shape index (κ2) is 5.71. The van der Waals surface area contributed by atoms with Crippen LogP contribution in [0.25, 0.3) is 0 Å². The Morgan fingerprint density at radius 1 is 1.36 bits per heavy atom. The van der Waals surface area contributed by atoms with Crippen molar-refractivity contribution in [1.82, 2.24) is 4.90 Å². The second-order valence-corrected chi connectivity index (χ2v) is 3.89. The molecule has 0 bridgehead atoms. The second-order valence-electron chi connectivity index (χ2n) is 3.63. The molecule has 1 fully saturated rings. The van der Waals surface area contributed by atoms with Crippen LogP contribution in [-0.4, -0.2) is 56.8 Å². The lowest BCUT2D eigenvalue weighted by molar-refractivity contribution is -0.00461. The summed E-state index contributed by atoms with van der Waals surface area (Å²) in [6.45, 7) is 6.51. The van der Waals surface area contributed by atoms with Gasteiger partial charge < -0.3 is 9.47 Å². The highest BCUT2D eigenvalue weighted by molar-refractivity contribution is 6.19. The molecule has 2 unspecified atom stereocenters. The van der Waals surface area contributed by atoms with E-state index in [1.165, 1.54) is 0 Å². The fraction of sp³-hybridized carbons (Fsp3) is 0.800. The maximum atomic E-state index is 5.68. The van der Waals surface area contributed by atoms with Gasteiger partial charge in [0.1, 0.15) is 0 Å². The summed E-state index contributed by atoms with van der Waals surface area (Å²) in [6, 6.07) is 0. The van der Waals surface area contributed by atoms with Gasteiger partial charge in [0.05, 0.1) is 12.2 Å². The maximum absolute atomic E-state index is 5.68. The summed E-state index contributed by atoms with van der Waals surface area (Å²) in [7, 11) is 3.44. The minimum atomic E-state index is 0.170. The number of likely N-dealkylation sites (tertiary alicyclic amines) is 1. The molecule has 1 heterocycles. The molecule has 0 aromatic rings. The number of ether oxygens (including phenoxy) is 2. The molecular formula is C10H18ClNO2. The lowest BCUT2D eigenvalue weighted by atomic mass is 10.3. The minimum Gasteiger partial charge on any atom is -0.377 e. The molecule has 0 aromatic heterocycles. The monoisotopic (exact) mass is 219 g/mol. The van der Waals surface area contributed by atoms with Gasteiger partial charge in [0, 0.05) is 39.7 Å². The van der Waals surface area contributed by atoms with Crippen molar-refractivity contribution in [2.75, 3.05) is 39.7 Å². The molecular weight excluding hydrogens is 202 g/mol. The summed E-state index contributed by atoms with van der Waals surface area (Å²) in [6.07, 6.45) is 0.339. The number of hydrogen-bond acceptors (Lipinski definition) is 3. The van der Waals surface area contributed by atoms with Crippen LogP contribution in [0, 0.1) is 0 Å². The normalized spacial score (nSPS) is 28.2. The number of nitrogens with zero attached hydrogens (tertiary/aromatic N) is 1. The van der Waals surface area contributed by atoms with Crippen molar-refractivity contribution >= 4 is 11.6 Å². The highest BCUT2D eigenvalue weighted by Crippen LogP contribution is 2.16. The highest BCUT2D eigenvalue weighted by atomic mass is 35.5. The summed E-state index contributed by atoms with van der Waals surface area (Å²) in [5.74, 6) is 0.520. The van der Waals surface area contributed by atoms with E-state index in [-0.39, 0.29) is 12.2 Å². The van der Waals surface area contributed by atoms with Crippen LogP contribution in [0.4, 0.5) is 0 Å². The van der Waals surface area contributed by atoms with Gasteiger partial charge in [0.15, 0.2) is 0 Å². The Morgan fingerprint density at radius 3 is 2.21 bits per heavy atom. The Morgan fingerprint density at radius 2 is 1.86 bits per heavy atom. The molecule has 82 valence electrons. The molecule has 4 heteroatoms. The van der Waals surface area contributed by atoms with Crippen LogP contribution in [-0.2, 0) is 9.47 Å². The molecule has 1 aliphatic rings. The highest BCUT2D eigenvalue weighted by Gasteiger charge is 2.32. The Labute approximate surface area is 90.6 Å². The van der Waals surface area contributed by atoms with Crippen LogP contribution in [0.3, 0.4) is 0 Å². The Bertz CT molecular complexity index is 187. The van der Waals surface area contributed by atoms with Gasteiger partial charge >= 0.3 is 0 Å². The van der Waals surface area contributed by atoms with E-state index in [1.54, 1.807) is 14.2 Å². The van der Waals surface area contributed by atoms with E-state index in [1.807, 2.05) is 0 Å². The molecule has 0 spiro atoms. The van der Waals surface area contributed by atoms with Gasteiger partial charge in [-0.05, 0) is 5.57 Å². The molecule has 2 atom stereocenters. The molecule has 1 rings (SSSR count). The zero-order valence-corrected chi connectivity index (χ0v) is 9.59. The molecule has 0 aliphatic carbocycles. The number of hydrogen-bond donors (Lipinski definition) is 0. The number of alkyl halides is 1. The Kier molecular flexibility index (Phi) is 4.89. The van der Waals surface area contributed by atoms with Crippen LogP contribution in [0.5, 0.6) is 0 Å². The van der Waals surface area contributed by atoms with E-state index in [9.17, 15) is 0 Å². The van der Waals surface area contributed by atoms with E-state index < -0.39 is 0 Å². The maximum Gasteiger partial charge on any atom is 0.0971 e. The first kappa shape index (κ1) is 12.0. The zero-order chi connectivity index (χ0) is 10.6. The molecule has 0 amide bonds. The van der Waals surface area contributed by atoms with Crippen LogP contribution in [0.1, 0.15) is 0 Å². The average Bonchev–Trinajstić information content (AvgIpc) is 2.59. The molecule has 1 saturated heterocycles. The smallest absolute Gasteiger partial charge is 0.0971 e. The number of halogens is 1. The fourth-order valence-corrected chi connectivity index (χ4v) is 1.84. The molecule has 1 aliphatic heterocycles. The zero-order valence-electron chi connectivity index (χ0n) is 8.83. The van der Waals surface area contributed by atoms with Crippen LogP contribution in [0.15, 0.2) is 12.2 Å². The van der Waals surface area contributed by atoms with Gasteiger partial charge in [-0.1, -0.05) is 6.58 Å². The van der Waals surface area contributed by atoms with Crippen molar-refractivity contribution in [1.29, 1.82) is 0 Å². The van der Waals surface area contributed by atoms with E-state index in [0.717, 1.165) is 25.2 Å². The summed E-state index contributed by atoms with van der Waals surface area (Å²) in [5.41, 5.74) is 1.04. The fourth-order valence-electron chi connectivity index (χ4n) is 1.76. The average molecular weight is 220 g/mol. The van der Waals surface area contributed by atoms with Gasteiger partial charge in [-0.25, -0.2) is 0 Å². The van der Waals surface area contributed by atoms with Crippen LogP contribution < -0.4 is 0 Å². The van der Waals surface area contributed by atoms with Gasteiger partial charge in [0.25, 0.3) is 0 Å². The predicted molar refractivity (Wildman–Crippen MR) is 57.9 cm³/mol. The predicted octanol–water partition coefficient (Wildman–Crippen LogP) is 1.13. The third-order valence-corrected chi connectivity index (χ3v) is 2.91. The Balaban J connectivity index is 2.40. The van der Waals surface area contributed by atoms with E-state index in [0.29, 0.717) is 5.88 Å². The summed E-state index contributed by atoms with van der Waals surface area (Å²) >= 11 is 5.68. The standard InChI is InChI=1S/C10H18ClNO2/c1-8(4-11)5-12-6-9(13-2)10(7-12)14-3/h9-10H,1,4-7H2,2-3H3. The SMILES string of the molecule is C=C(CCl)CN1CC(OC)C(OC)C1. The van der Waals surface area contributed by atoms with Crippen LogP contribution in [0.2, 0.25) is 0 Å². The van der Waals surface area contributed by atoms with Crippen LogP contribution >= 0.6 is 11.6 Å². The first-order valence-electron chi connectivity index (χ1n) is 4.71. The summed E-state index contributed by atoms with van der Waals surface area (Å²) < 4.78 is 10.7. The topological polar surface area (TPSA) is 21.7 Å². The van der Waals surface area contributed by atoms with E-state index in [4.69, 9.17) is 21.1 Å². The number of methoxy groups -OCH3 is 2. The van der Waals surface area contributed by atoms with Gasteiger partial charge in [0.2, 0.25) is 0 Å².